The van der Waals surface area contributed by atoms with Crippen molar-refractivity contribution in [3.05, 3.63) is 0 Å². The number of carboxylic acids is 1. The summed E-state index contributed by atoms with van der Waals surface area (Å²) >= 11 is 0. The highest BCUT2D eigenvalue weighted by Crippen LogP contribution is 2.58. The van der Waals surface area contributed by atoms with Gasteiger partial charge in [0.15, 0.2) is 0 Å². The van der Waals surface area contributed by atoms with Crippen LogP contribution in [0.1, 0.15) is 39.5 Å². The number of carbonyl (C=O) groups is 2. The lowest BCUT2D eigenvalue weighted by atomic mass is 9.91. The van der Waals surface area contributed by atoms with Crippen LogP contribution in [0.3, 0.4) is 0 Å². The third-order valence-electron chi connectivity index (χ3n) is 4.73. The standard InChI is InChI=1S/C15H26N2O3/c1-10(2)7-11(14(19)20)9-17-13(18)12-8-15(12)3-5-16-6-4-15/h10-12,16H,3-9H2,1-2H3,(H,17,18)(H,19,20). The van der Waals surface area contributed by atoms with Crippen molar-refractivity contribution in [3.63, 3.8) is 0 Å². The van der Waals surface area contributed by atoms with Crippen molar-refractivity contribution in [2.45, 2.75) is 39.5 Å². The predicted octanol–water partition coefficient (Wildman–Crippen LogP) is 1.24. The summed E-state index contributed by atoms with van der Waals surface area (Å²) in [7, 11) is 0. The van der Waals surface area contributed by atoms with Crippen LogP contribution in [-0.2, 0) is 9.59 Å². The van der Waals surface area contributed by atoms with Crippen molar-refractivity contribution < 1.29 is 14.7 Å². The van der Waals surface area contributed by atoms with E-state index in [9.17, 15) is 14.7 Å². The van der Waals surface area contributed by atoms with E-state index >= 15 is 0 Å². The van der Waals surface area contributed by atoms with Crippen molar-refractivity contribution >= 4 is 11.9 Å². The van der Waals surface area contributed by atoms with E-state index in [1.807, 2.05) is 13.8 Å². The van der Waals surface area contributed by atoms with Gasteiger partial charge in [-0.3, -0.25) is 9.59 Å². The van der Waals surface area contributed by atoms with Gasteiger partial charge in [-0.15, -0.1) is 0 Å². The number of amides is 1. The fraction of sp³-hybridized carbons (Fsp3) is 0.867. The molecular weight excluding hydrogens is 256 g/mol. The molecule has 5 heteroatoms. The molecule has 1 aliphatic heterocycles. The Bertz CT molecular complexity index is 375. The summed E-state index contributed by atoms with van der Waals surface area (Å²) in [5.41, 5.74) is 0.214. The summed E-state index contributed by atoms with van der Waals surface area (Å²) in [6.45, 7) is 6.26. The second-order valence-corrected chi connectivity index (χ2v) is 6.78. The largest absolute Gasteiger partial charge is 0.481 e. The molecular formula is C15H26N2O3. The zero-order valence-electron chi connectivity index (χ0n) is 12.4. The molecule has 5 nitrogen and oxygen atoms in total. The SMILES string of the molecule is CC(C)CC(CNC(=O)C1CC12CCNCC2)C(=O)O. The van der Waals surface area contributed by atoms with Crippen molar-refractivity contribution in [3.8, 4) is 0 Å². The van der Waals surface area contributed by atoms with Crippen LogP contribution in [-0.4, -0.2) is 36.6 Å². The van der Waals surface area contributed by atoms with Crippen LogP contribution in [0.4, 0.5) is 0 Å². The third-order valence-corrected chi connectivity index (χ3v) is 4.73. The number of nitrogens with one attached hydrogen (secondary N) is 2. The van der Waals surface area contributed by atoms with E-state index in [2.05, 4.69) is 10.6 Å². The Hall–Kier alpha value is -1.10. The number of rotatable bonds is 6. The minimum Gasteiger partial charge on any atom is -0.481 e. The molecule has 1 saturated carbocycles. The van der Waals surface area contributed by atoms with Gasteiger partial charge in [0.2, 0.25) is 5.91 Å². The first-order valence-corrected chi connectivity index (χ1v) is 7.66. The van der Waals surface area contributed by atoms with Crippen molar-refractivity contribution in [1.82, 2.24) is 10.6 Å². The normalized spacial score (nSPS) is 25.4. The molecule has 0 aromatic rings. The minimum atomic E-state index is -0.814. The van der Waals surface area contributed by atoms with E-state index in [-0.39, 0.29) is 23.8 Å². The molecule has 2 atom stereocenters. The van der Waals surface area contributed by atoms with Gasteiger partial charge in [-0.25, -0.2) is 0 Å². The van der Waals surface area contributed by atoms with Gasteiger partial charge in [0, 0.05) is 12.5 Å². The van der Waals surface area contributed by atoms with E-state index in [0.29, 0.717) is 12.3 Å². The Morgan fingerprint density at radius 3 is 2.55 bits per heavy atom. The summed E-state index contributed by atoms with van der Waals surface area (Å²) in [6.07, 6.45) is 3.72. The van der Waals surface area contributed by atoms with Crippen LogP contribution in [0, 0.1) is 23.2 Å². The number of hydrogen-bond donors (Lipinski definition) is 3. The summed E-state index contributed by atoms with van der Waals surface area (Å²) in [5, 5.41) is 15.4. The summed E-state index contributed by atoms with van der Waals surface area (Å²) in [4.78, 5) is 23.3. The van der Waals surface area contributed by atoms with E-state index in [1.54, 1.807) is 0 Å². The molecule has 0 aromatic heterocycles. The highest BCUT2D eigenvalue weighted by atomic mass is 16.4. The van der Waals surface area contributed by atoms with Gasteiger partial charge in [-0.1, -0.05) is 13.8 Å². The van der Waals surface area contributed by atoms with E-state index in [4.69, 9.17) is 0 Å². The summed E-state index contributed by atoms with van der Waals surface area (Å²) < 4.78 is 0. The molecule has 2 fully saturated rings. The topological polar surface area (TPSA) is 78.4 Å². The molecule has 3 N–H and O–H groups in total. The molecule has 0 aromatic carbocycles. The van der Waals surface area contributed by atoms with Gasteiger partial charge in [-0.2, -0.15) is 0 Å². The number of piperidine rings is 1. The number of aliphatic carboxylic acids is 1. The molecule has 1 aliphatic carbocycles. The van der Waals surface area contributed by atoms with Crippen LogP contribution in [0.2, 0.25) is 0 Å². The Labute approximate surface area is 120 Å². The monoisotopic (exact) mass is 282 g/mol. The molecule has 0 radical (unpaired) electrons. The van der Waals surface area contributed by atoms with Crippen LogP contribution < -0.4 is 10.6 Å². The van der Waals surface area contributed by atoms with Gasteiger partial charge in [0.1, 0.15) is 0 Å². The molecule has 2 aliphatic rings. The molecule has 2 unspecified atom stereocenters. The van der Waals surface area contributed by atoms with Gasteiger partial charge in [0.05, 0.1) is 5.92 Å². The van der Waals surface area contributed by atoms with E-state index in [0.717, 1.165) is 32.4 Å². The molecule has 1 spiro atoms. The highest BCUT2D eigenvalue weighted by Gasteiger charge is 2.57. The first-order chi connectivity index (χ1) is 9.44. The molecule has 114 valence electrons. The first kappa shape index (κ1) is 15.3. The molecule has 1 amide bonds. The molecule has 0 bridgehead atoms. The van der Waals surface area contributed by atoms with Crippen LogP contribution in [0.15, 0.2) is 0 Å². The fourth-order valence-electron chi connectivity index (χ4n) is 3.38. The number of hydrogen-bond acceptors (Lipinski definition) is 3. The molecule has 1 heterocycles. The lowest BCUT2D eigenvalue weighted by Gasteiger charge is -2.23. The maximum Gasteiger partial charge on any atom is 0.308 e. The third kappa shape index (κ3) is 3.51. The molecule has 1 saturated heterocycles. The predicted molar refractivity (Wildman–Crippen MR) is 76.2 cm³/mol. The minimum absolute atomic E-state index is 0.0573. The second-order valence-electron chi connectivity index (χ2n) is 6.78. The number of carbonyl (C=O) groups excluding carboxylic acids is 1. The summed E-state index contributed by atoms with van der Waals surface area (Å²) in [5.74, 6) is -0.794. The van der Waals surface area contributed by atoms with Crippen LogP contribution >= 0.6 is 0 Å². The van der Waals surface area contributed by atoms with Crippen molar-refractivity contribution in [2.75, 3.05) is 19.6 Å². The van der Waals surface area contributed by atoms with Crippen LogP contribution in [0.25, 0.3) is 0 Å². The number of carboxylic acid groups (broad SMARTS) is 1. The molecule has 2 rings (SSSR count). The van der Waals surface area contributed by atoms with Gasteiger partial charge < -0.3 is 15.7 Å². The average Bonchev–Trinajstić information content (AvgIpc) is 3.08. The Kier molecular flexibility index (Phi) is 4.68. The maximum atomic E-state index is 12.2. The summed E-state index contributed by atoms with van der Waals surface area (Å²) in [6, 6.07) is 0. The highest BCUT2D eigenvalue weighted by molar-refractivity contribution is 5.83. The molecule has 20 heavy (non-hydrogen) atoms. The quantitative estimate of drug-likeness (QED) is 0.685. The second kappa shape index (κ2) is 6.12. The van der Waals surface area contributed by atoms with Gasteiger partial charge >= 0.3 is 5.97 Å². The lowest BCUT2D eigenvalue weighted by Crippen LogP contribution is -2.37. The smallest absolute Gasteiger partial charge is 0.308 e. The zero-order valence-corrected chi connectivity index (χ0v) is 12.4. The Morgan fingerprint density at radius 1 is 1.35 bits per heavy atom. The van der Waals surface area contributed by atoms with E-state index in [1.165, 1.54) is 0 Å². The Morgan fingerprint density at radius 2 is 2.00 bits per heavy atom. The van der Waals surface area contributed by atoms with Crippen molar-refractivity contribution in [2.24, 2.45) is 23.2 Å². The fourth-order valence-corrected chi connectivity index (χ4v) is 3.38. The lowest BCUT2D eigenvalue weighted by molar-refractivity contribution is -0.142. The van der Waals surface area contributed by atoms with E-state index < -0.39 is 11.9 Å². The maximum absolute atomic E-state index is 12.2. The average molecular weight is 282 g/mol. The first-order valence-electron chi connectivity index (χ1n) is 7.66. The van der Waals surface area contributed by atoms with Gasteiger partial charge in [0.25, 0.3) is 0 Å². The van der Waals surface area contributed by atoms with Gasteiger partial charge in [-0.05, 0) is 50.1 Å². The van der Waals surface area contributed by atoms with Crippen molar-refractivity contribution in [1.29, 1.82) is 0 Å². The zero-order chi connectivity index (χ0) is 14.8. The van der Waals surface area contributed by atoms with Crippen LogP contribution in [0.5, 0.6) is 0 Å². The Balaban J connectivity index is 1.79.